The summed E-state index contributed by atoms with van der Waals surface area (Å²) in [5, 5.41) is 9.59. The van der Waals surface area contributed by atoms with E-state index in [1.807, 2.05) is 13.8 Å². The number of rotatable bonds is 3. The number of carboxylic acid groups (broad SMARTS) is 1. The minimum absolute atomic E-state index is 0.415. The fourth-order valence-electron chi connectivity index (χ4n) is 2.56. The average Bonchev–Trinajstić information content (AvgIpc) is 2.35. The topological polar surface area (TPSA) is 66.8 Å². The number of carboxylic acids is 1. The number of aliphatic carboxylic acids is 1. The molecule has 0 bridgehead atoms. The Kier molecular flexibility index (Phi) is 5.35. The molecule has 1 heterocycles. The van der Waals surface area contributed by atoms with Gasteiger partial charge in [0.1, 0.15) is 11.6 Å². The Morgan fingerprint density at radius 1 is 1.35 bits per heavy atom. The molecule has 116 valence electrons. The molecule has 1 saturated heterocycles. The van der Waals surface area contributed by atoms with Gasteiger partial charge in [-0.2, -0.15) is 11.8 Å². The van der Waals surface area contributed by atoms with E-state index in [1.165, 1.54) is 4.90 Å². The van der Waals surface area contributed by atoms with Crippen molar-refractivity contribution in [3.8, 4) is 0 Å². The number of nitrogens with zero attached hydrogens (tertiary/aromatic N) is 1. The van der Waals surface area contributed by atoms with E-state index in [9.17, 15) is 14.7 Å². The van der Waals surface area contributed by atoms with Gasteiger partial charge < -0.3 is 9.84 Å². The molecule has 1 unspecified atom stereocenters. The number of ether oxygens (including phenoxy) is 1. The van der Waals surface area contributed by atoms with Crippen LogP contribution in [0, 0.1) is 0 Å². The molecule has 5 nitrogen and oxygen atoms in total. The lowest BCUT2D eigenvalue weighted by Crippen LogP contribution is -2.61. The van der Waals surface area contributed by atoms with Crippen molar-refractivity contribution in [1.29, 1.82) is 0 Å². The first-order chi connectivity index (χ1) is 9.17. The van der Waals surface area contributed by atoms with Gasteiger partial charge in [-0.1, -0.05) is 13.8 Å². The van der Waals surface area contributed by atoms with E-state index in [0.717, 1.165) is 5.75 Å². The number of hydrogen-bond donors (Lipinski definition) is 1. The summed E-state index contributed by atoms with van der Waals surface area (Å²) in [6.45, 7) is 9.72. The third kappa shape index (κ3) is 3.59. The van der Waals surface area contributed by atoms with Crippen molar-refractivity contribution in [2.75, 3.05) is 12.3 Å². The Balaban J connectivity index is 3.05. The van der Waals surface area contributed by atoms with Crippen LogP contribution in [-0.2, 0) is 9.53 Å². The van der Waals surface area contributed by atoms with E-state index in [2.05, 4.69) is 0 Å². The van der Waals surface area contributed by atoms with E-state index in [4.69, 9.17) is 4.74 Å². The van der Waals surface area contributed by atoms with Crippen LogP contribution in [0.4, 0.5) is 4.79 Å². The third-order valence-electron chi connectivity index (χ3n) is 3.59. The third-order valence-corrected chi connectivity index (χ3v) is 5.35. The van der Waals surface area contributed by atoms with E-state index in [-0.39, 0.29) is 0 Å². The van der Waals surface area contributed by atoms with Crippen LogP contribution < -0.4 is 0 Å². The lowest BCUT2D eigenvalue weighted by atomic mass is 9.91. The number of amides is 1. The van der Waals surface area contributed by atoms with Crippen molar-refractivity contribution in [3.05, 3.63) is 0 Å². The zero-order chi connectivity index (χ0) is 15.6. The molecule has 1 amide bonds. The molecule has 0 aromatic heterocycles. The van der Waals surface area contributed by atoms with Crippen LogP contribution in [0.25, 0.3) is 0 Å². The molecule has 1 aliphatic heterocycles. The summed E-state index contributed by atoms with van der Waals surface area (Å²) in [7, 11) is 0. The van der Waals surface area contributed by atoms with Gasteiger partial charge in [-0.25, -0.2) is 9.59 Å². The van der Waals surface area contributed by atoms with Gasteiger partial charge in [0.15, 0.2) is 0 Å². The van der Waals surface area contributed by atoms with Gasteiger partial charge in [0.2, 0.25) is 0 Å². The summed E-state index contributed by atoms with van der Waals surface area (Å²) >= 11 is 1.66. The molecule has 1 aliphatic rings. The normalized spacial score (nSPS) is 22.4. The molecule has 20 heavy (non-hydrogen) atoms. The van der Waals surface area contributed by atoms with E-state index in [1.54, 1.807) is 32.5 Å². The number of carbonyl (C=O) groups is 2. The Bertz CT molecular complexity index is 374. The second-order valence-corrected chi connectivity index (χ2v) is 7.54. The second kappa shape index (κ2) is 6.24. The summed E-state index contributed by atoms with van der Waals surface area (Å²) in [5.41, 5.74) is -0.619. The van der Waals surface area contributed by atoms with Crippen LogP contribution in [0.2, 0.25) is 0 Å². The zero-order valence-corrected chi connectivity index (χ0v) is 13.7. The van der Waals surface area contributed by atoms with Gasteiger partial charge in [0.25, 0.3) is 0 Å². The van der Waals surface area contributed by atoms with Crippen LogP contribution in [0.1, 0.15) is 47.5 Å². The first-order valence-corrected chi connectivity index (χ1v) is 8.02. The molecule has 0 spiro atoms. The molecule has 1 N–H and O–H groups in total. The predicted molar refractivity (Wildman–Crippen MR) is 80.1 cm³/mol. The van der Waals surface area contributed by atoms with Gasteiger partial charge in [-0.15, -0.1) is 0 Å². The predicted octanol–water partition coefficient (Wildman–Crippen LogP) is 2.98. The number of carbonyl (C=O) groups excluding carboxylic acids is 1. The highest BCUT2D eigenvalue weighted by Crippen LogP contribution is 2.42. The average molecular weight is 303 g/mol. The smallest absolute Gasteiger partial charge is 0.411 e. The zero-order valence-electron chi connectivity index (χ0n) is 12.9. The highest BCUT2D eigenvalue weighted by Gasteiger charge is 2.50. The van der Waals surface area contributed by atoms with Crippen LogP contribution >= 0.6 is 11.8 Å². The maximum Gasteiger partial charge on any atom is 0.411 e. The van der Waals surface area contributed by atoms with Crippen molar-refractivity contribution < 1.29 is 19.4 Å². The number of thioether (sulfide) groups is 1. The van der Waals surface area contributed by atoms with Gasteiger partial charge in [-0.05, 0) is 33.6 Å². The van der Waals surface area contributed by atoms with E-state index in [0.29, 0.717) is 19.4 Å². The summed E-state index contributed by atoms with van der Waals surface area (Å²) < 4.78 is 4.92. The Labute approximate surface area is 125 Å². The maximum atomic E-state index is 12.3. The standard InChI is InChI=1S/C14H25NO4S/c1-6-14(7-2)10(11(16)17)15(8-9-20-14)12(18)19-13(3,4)5/h10H,6-9H2,1-5H3,(H,16,17). The van der Waals surface area contributed by atoms with Crippen molar-refractivity contribution in [2.45, 2.75) is 63.9 Å². The molecule has 1 fully saturated rings. The van der Waals surface area contributed by atoms with Crippen LogP contribution in [0.15, 0.2) is 0 Å². The quantitative estimate of drug-likeness (QED) is 0.868. The van der Waals surface area contributed by atoms with Crippen molar-refractivity contribution in [3.63, 3.8) is 0 Å². The minimum Gasteiger partial charge on any atom is -0.480 e. The summed E-state index contributed by atoms with van der Waals surface area (Å²) in [5.74, 6) is -0.211. The molecule has 1 rings (SSSR count). The molecule has 6 heteroatoms. The summed E-state index contributed by atoms with van der Waals surface area (Å²) in [6.07, 6.45) is 0.894. The highest BCUT2D eigenvalue weighted by molar-refractivity contribution is 8.00. The SMILES string of the molecule is CCC1(CC)SCCN(C(=O)OC(C)(C)C)C1C(=O)O. The van der Waals surface area contributed by atoms with Crippen molar-refractivity contribution in [1.82, 2.24) is 4.90 Å². The van der Waals surface area contributed by atoms with Crippen LogP contribution in [0.5, 0.6) is 0 Å². The summed E-state index contributed by atoms with van der Waals surface area (Å²) in [4.78, 5) is 25.4. The molecular weight excluding hydrogens is 278 g/mol. The molecule has 0 radical (unpaired) electrons. The van der Waals surface area contributed by atoms with E-state index < -0.39 is 28.5 Å². The van der Waals surface area contributed by atoms with Crippen LogP contribution in [-0.4, -0.2) is 50.8 Å². The van der Waals surface area contributed by atoms with Gasteiger partial charge >= 0.3 is 12.1 Å². The van der Waals surface area contributed by atoms with Gasteiger partial charge in [0, 0.05) is 17.0 Å². The molecule has 0 saturated carbocycles. The van der Waals surface area contributed by atoms with Gasteiger partial charge in [0.05, 0.1) is 0 Å². The van der Waals surface area contributed by atoms with E-state index >= 15 is 0 Å². The highest BCUT2D eigenvalue weighted by atomic mass is 32.2. The van der Waals surface area contributed by atoms with Crippen molar-refractivity contribution in [2.24, 2.45) is 0 Å². The van der Waals surface area contributed by atoms with Crippen LogP contribution in [0.3, 0.4) is 0 Å². The molecule has 1 atom stereocenters. The molecule has 0 aromatic rings. The minimum atomic E-state index is -0.952. The first-order valence-electron chi connectivity index (χ1n) is 7.03. The van der Waals surface area contributed by atoms with Crippen molar-refractivity contribution >= 4 is 23.8 Å². The lowest BCUT2D eigenvalue weighted by Gasteiger charge is -2.46. The molecule has 0 aliphatic carbocycles. The Morgan fingerprint density at radius 3 is 2.30 bits per heavy atom. The Hall–Kier alpha value is -0.910. The number of hydrogen-bond acceptors (Lipinski definition) is 4. The largest absolute Gasteiger partial charge is 0.480 e. The first kappa shape index (κ1) is 17.1. The molecular formula is C14H25NO4S. The second-order valence-electron chi connectivity index (χ2n) is 6.03. The summed E-state index contributed by atoms with van der Waals surface area (Å²) in [6, 6.07) is -0.828. The fraction of sp³-hybridized carbons (Fsp3) is 0.857. The maximum absolute atomic E-state index is 12.3. The van der Waals surface area contributed by atoms with Gasteiger partial charge in [-0.3, -0.25) is 4.90 Å². The fourth-order valence-corrected chi connectivity index (χ4v) is 4.04. The lowest BCUT2D eigenvalue weighted by molar-refractivity contribution is -0.144. The molecule has 0 aromatic carbocycles. The Morgan fingerprint density at radius 2 is 1.90 bits per heavy atom. The monoisotopic (exact) mass is 303 g/mol.